The van der Waals surface area contributed by atoms with Crippen molar-refractivity contribution in [1.29, 1.82) is 0 Å². The van der Waals surface area contributed by atoms with Crippen LogP contribution in [0.3, 0.4) is 0 Å². The molecule has 0 saturated carbocycles. The zero-order valence-corrected chi connectivity index (χ0v) is 10.3. The van der Waals surface area contributed by atoms with Gasteiger partial charge in [-0.3, -0.25) is 4.79 Å². The number of aromatic hydroxyl groups is 1. The molecule has 3 aromatic heterocycles. The number of H-pyrrole nitrogens is 2. The largest absolute Gasteiger partial charge is 0.493 e. The number of para-hydroxylation sites is 1. The fourth-order valence-electron chi connectivity index (χ4n) is 2.40. The van der Waals surface area contributed by atoms with Crippen LogP contribution < -0.4 is 5.56 Å². The van der Waals surface area contributed by atoms with E-state index in [9.17, 15) is 9.90 Å². The summed E-state index contributed by atoms with van der Waals surface area (Å²) in [5, 5.41) is 15.1. The minimum Gasteiger partial charge on any atom is -0.493 e. The van der Waals surface area contributed by atoms with Crippen LogP contribution in [0.4, 0.5) is 0 Å². The van der Waals surface area contributed by atoms with Crippen LogP contribution in [0.15, 0.2) is 47.4 Å². The molecule has 3 N–H and O–H groups in total. The third-order valence-electron chi connectivity index (χ3n) is 3.30. The van der Waals surface area contributed by atoms with Gasteiger partial charge in [0.25, 0.3) is 5.56 Å². The van der Waals surface area contributed by atoms with E-state index < -0.39 is 0 Å². The lowest BCUT2D eigenvalue weighted by molar-refractivity contribution is 0.434. The lowest BCUT2D eigenvalue weighted by Gasteiger charge is -1.95. The highest BCUT2D eigenvalue weighted by Gasteiger charge is 2.11. The first kappa shape index (κ1) is 10.9. The van der Waals surface area contributed by atoms with Gasteiger partial charge >= 0.3 is 0 Å². The summed E-state index contributed by atoms with van der Waals surface area (Å²) in [6.45, 7) is 0. The van der Waals surface area contributed by atoms with E-state index in [1.165, 1.54) is 4.52 Å². The molecular formula is C14H10N4O2. The summed E-state index contributed by atoms with van der Waals surface area (Å²) >= 11 is 0. The fraction of sp³-hybridized carbons (Fsp3) is 0. The Morgan fingerprint density at radius 1 is 1.20 bits per heavy atom. The molecule has 4 rings (SSSR count). The van der Waals surface area contributed by atoms with Crippen LogP contribution in [-0.4, -0.2) is 24.7 Å². The van der Waals surface area contributed by atoms with Gasteiger partial charge in [0.1, 0.15) is 5.65 Å². The topological polar surface area (TPSA) is 86.2 Å². The van der Waals surface area contributed by atoms with Gasteiger partial charge in [0, 0.05) is 28.7 Å². The van der Waals surface area contributed by atoms with Crippen molar-refractivity contribution in [3.05, 3.63) is 52.9 Å². The molecule has 6 nitrogen and oxygen atoms in total. The van der Waals surface area contributed by atoms with Crippen molar-refractivity contribution in [2.45, 2.75) is 0 Å². The molecule has 0 saturated heterocycles. The molecule has 4 aromatic rings. The molecule has 0 radical (unpaired) electrons. The van der Waals surface area contributed by atoms with E-state index in [0.717, 1.165) is 22.5 Å². The Bertz CT molecular complexity index is 993. The molecule has 0 unspecified atom stereocenters. The average molecular weight is 266 g/mol. The van der Waals surface area contributed by atoms with Crippen LogP contribution in [-0.2, 0) is 0 Å². The maximum atomic E-state index is 11.3. The lowest BCUT2D eigenvalue weighted by atomic mass is 10.1. The number of hydrogen-bond acceptors (Lipinski definition) is 3. The molecule has 98 valence electrons. The summed E-state index contributed by atoms with van der Waals surface area (Å²) in [6.07, 6.45) is 1.86. The van der Waals surface area contributed by atoms with E-state index in [4.69, 9.17) is 0 Å². The van der Waals surface area contributed by atoms with Crippen molar-refractivity contribution in [3.8, 4) is 17.1 Å². The summed E-state index contributed by atoms with van der Waals surface area (Å²) in [5.41, 5.74) is 2.71. The van der Waals surface area contributed by atoms with Crippen molar-refractivity contribution in [3.63, 3.8) is 0 Å². The van der Waals surface area contributed by atoms with E-state index in [-0.39, 0.29) is 11.4 Å². The molecule has 0 aliphatic rings. The molecule has 0 aliphatic heterocycles. The van der Waals surface area contributed by atoms with Crippen LogP contribution in [0.25, 0.3) is 27.8 Å². The number of rotatable bonds is 1. The molecule has 0 amide bonds. The smallest absolute Gasteiger partial charge is 0.254 e. The summed E-state index contributed by atoms with van der Waals surface area (Å²) in [7, 11) is 0. The summed E-state index contributed by atoms with van der Waals surface area (Å²) < 4.78 is 1.30. The molecule has 0 atom stereocenters. The first-order valence-electron chi connectivity index (χ1n) is 6.11. The van der Waals surface area contributed by atoms with Crippen molar-refractivity contribution in [2.75, 3.05) is 0 Å². The molecule has 0 spiro atoms. The summed E-state index contributed by atoms with van der Waals surface area (Å²) in [5.74, 6) is -0.185. The predicted octanol–water partition coefficient (Wildman–Crippen LogP) is 1.88. The lowest BCUT2D eigenvalue weighted by Crippen LogP contribution is -2.06. The monoisotopic (exact) mass is 266 g/mol. The Hall–Kier alpha value is -3.02. The average Bonchev–Trinajstić information content (AvgIpc) is 3.01. The normalized spacial score (nSPS) is 11.4. The second-order valence-corrected chi connectivity index (χ2v) is 4.57. The second-order valence-electron chi connectivity index (χ2n) is 4.57. The molecular weight excluding hydrogens is 256 g/mol. The molecule has 0 fully saturated rings. The van der Waals surface area contributed by atoms with Gasteiger partial charge in [0.05, 0.1) is 11.8 Å². The Labute approximate surface area is 112 Å². The van der Waals surface area contributed by atoms with Crippen LogP contribution in [0.2, 0.25) is 0 Å². The third kappa shape index (κ3) is 1.45. The number of fused-ring (bicyclic) bond motifs is 2. The van der Waals surface area contributed by atoms with Crippen LogP contribution in [0, 0.1) is 0 Å². The number of benzene rings is 1. The zero-order chi connectivity index (χ0) is 13.7. The molecule has 1 aromatic carbocycles. The Kier molecular flexibility index (Phi) is 2.03. The molecule has 20 heavy (non-hydrogen) atoms. The van der Waals surface area contributed by atoms with Gasteiger partial charge in [0.2, 0.25) is 5.88 Å². The summed E-state index contributed by atoms with van der Waals surface area (Å²) in [6, 6.07) is 10.7. The highest BCUT2D eigenvalue weighted by molar-refractivity contribution is 5.94. The molecule has 0 bridgehead atoms. The number of aromatic amines is 2. The number of hydrogen-bond donors (Lipinski definition) is 3. The van der Waals surface area contributed by atoms with E-state index in [2.05, 4.69) is 15.1 Å². The van der Waals surface area contributed by atoms with Gasteiger partial charge in [-0.1, -0.05) is 18.2 Å². The maximum absolute atomic E-state index is 11.3. The standard InChI is InChI=1S/C14H10N4O2/c19-13-6-14(20)18-12(16-13)5-11(17-18)9-7-15-10-4-2-1-3-8(9)10/h1-7,15,20H,(H,16,19). The number of aromatic nitrogens is 4. The van der Waals surface area contributed by atoms with E-state index in [1.54, 1.807) is 6.07 Å². The minimum absolute atomic E-state index is 0.185. The minimum atomic E-state index is -0.361. The molecule has 0 aliphatic carbocycles. The summed E-state index contributed by atoms with van der Waals surface area (Å²) in [4.78, 5) is 17.2. The quantitative estimate of drug-likeness (QED) is 0.491. The van der Waals surface area contributed by atoms with Crippen LogP contribution in [0.5, 0.6) is 5.88 Å². The van der Waals surface area contributed by atoms with Crippen LogP contribution in [0.1, 0.15) is 0 Å². The van der Waals surface area contributed by atoms with Gasteiger partial charge in [-0.2, -0.15) is 9.61 Å². The zero-order valence-electron chi connectivity index (χ0n) is 10.3. The Morgan fingerprint density at radius 3 is 2.95 bits per heavy atom. The highest BCUT2D eigenvalue weighted by atomic mass is 16.3. The maximum Gasteiger partial charge on any atom is 0.254 e. The van der Waals surface area contributed by atoms with E-state index >= 15 is 0 Å². The van der Waals surface area contributed by atoms with Crippen molar-refractivity contribution in [1.82, 2.24) is 19.6 Å². The Balaban J connectivity index is 2.03. The first-order chi connectivity index (χ1) is 9.72. The van der Waals surface area contributed by atoms with Gasteiger partial charge in [-0.05, 0) is 6.07 Å². The molecule has 6 heteroatoms. The van der Waals surface area contributed by atoms with Crippen molar-refractivity contribution < 1.29 is 5.11 Å². The van der Waals surface area contributed by atoms with Gasteiger partial charge in [-0.15, -0.1) is 0 Å². The van der Waals surface area contributed by atoms with Gasteiger partial charge < -0.3 is 15.1 Å². The first-order valence-corrected chi connectivity index (χ1v) is 6.11. The van der Waals surface area contributed by atoms with Crippen LogP contribution >= 0.6 is 0 Å². The van der Waals surface area contributed by atoms with Crippen molar-refractivity contribution in [2.24, 2.45) is 0 Å². The van der Waals surface area contributed by atoms with Crippen molar-refractivity contribution >= 4 is 16.6 Å². The molecule has 3 heterocycles. The number of nitrogens with zero attached hydrogens (tertiary/aromatic N) is 2. The second kappa shape index (κ2) is 3.74. The highest BCUT2D eigenvalue weighted by Crippen LogP contribution is 2.28. The third-order valence-corrected chi connectivity index (χ3v) is 3.30. The predicted molar refractivity (Wildman–Crippen MR) is 74.8 cm³/mol. The van der Waals surface area contributed by atoms with E-state index in [1.807, 2.05) is 30.5 Å². The number of nitrogens with one attached hydrogen (secondary N) is 2. The Morgan fingerprint density at radius 2 is 2.05 bits per heavy atom. The fourth-order valence-corrected chi connectivity index (χ4v) is 2.40. The van der Waals surface area contributed by atoms with Gasteiger partial charge in [-0.25, -0.2) is 0 Å². The van der Waals surface area contributed by atoms with Gasteiger partial charge in [0.15, 0.2) is 0 Å². The van der Waals surface area contributed by atoms with E-state index in [0.29, 0.717) is 11.3 Å². The SMILES string of the molecule is O=c1cc(O)n2nc(-c3c[nH]c4ccccc34)cc2[nH]1.